The van der Waals surface area contributed by atoms with Gasteiger partial charge in [-0.05, 0) is 91.8 Å². The van der Waals surface area contributed by atoms with Crippen LogP contribution in [-0.4, -0.2) is 30.9 Å². The molecule has 3 N–H and O–H groups in total. The summed E-state index contributed by atoms with van der Waals surface area (Å²) in [7, 11) is 1.56. The number of benzene rings is 3. The van der Waals surface area contributed by atoms with Crippen molar-refractivity contribution in [3.05, 3.63) is 77.6 Å². The zero-order valence-corrected chi connectivity index (χ0v) is 23.1. The van der Waals surface area contributed by atoms with Gasteiger partial charge in [-0.2, -0.15) is 0 Å². The maximum absolute atomic E-state index is 13.6. The molecule has 4 aromatic rings. The fraction of sp³-hybridized carbons (Fsp3) is 0.333. The number of fused-ring (bicyclic) bond motifs is 1. The molecule has 0 aliphatic heterocycles. The summed E-state index contributed by atoms with van der Waals surface area (Å²) in [5.41, 5.74) is 9.80. The number of Topliss-reactive ketones (excluding diaryl/α,β-unsaturated/α-hetero) is 1. The molecule has 7 heteroatoms. The summed E-state index contributed by atoms with van der Waals surface area (Å²) in [4.78, 5) is 26.1. The number of amides is 1. The molecule has 1 amide bonds. The van der Waals surface area contributed by atoms with Crippen LogP contribution >= 0.6 is 0 Å². The second-order valence-corrected chi connectivity index (χ2v) is 11.0. The lowest BCUT2D eigenvalue weighted by Crippen LogP contribution is -2.19. The van der Waals surface area contributed by atoms with Crippen molar-refractivity contribution in [2.45, 2.75) is 58.1 Å². The van der Waals surface area contributed by atoms with Gasteiger partial charge < -0.3 is 20.2 Å². The highest BCUT2D eigenvalue weighted by molar-refractivity contribution is 6.12. The lowest BCUT2D eigenvalue weighted by molar-refractivity contribution is 0.0960. The first kappa shape index (κ1) is 27.6. The highest BCUT2D eigenvalue weighted by Crippen LogP contribution is 2.39. The molecular formula is C33H35FN2O4. The molecular weight excluding hydrogens is 507 g/mol. The number of carbonyl (C=O) groups is 2. The first-order valence-corrected chi connectivity index (χ1v) is 13.9. The maximum Gasteiger partial charge on any atom is 0.255 e. The van der Waals surface area contributed by atoms with Crippen molar-refractivity contribution in [3.63, 3.8) is 0 Å². The number of furan rings is 1. The minimum Gasteiger partial charge on any atom is -0.490 e. The van der Waals surface area contributed by atoms with Crippen LogP contribution < -0.4 is 15.8 Å². The predicted molar refractivity (Wildman–Crippen MR) is 155 cm³/mol. The molecule has 5 rings (SSSR count). The van der Waals surface area contributed by atoms with Gasteiger partial charge in [0.1, 0.15) is 29.0 Å². The average molecular weight is 543 g/mol. The fourth-order valence-electron chi connectivity index (χ4n) is 5.28. The average Bonchev–Trinajstić information content (AvgIpc) is 3.54. The van der Waals surface area contributed by atoms with Gasteiger partial charge in [0.05, 0.1) is 5.56 Å². The van der Waals surface area contributed by atoms with Crippen molar-refractivity contribution in [2.24, 2.45) is 11.7 Å². The Kier molecular flexibility index (Phi) is 8.03. The van der Waals surface area contributed by atoms with Gasteiger partial charge in [0, 0.05) is 41.6 Å². The number of nitrogens with one attached hydrogen (secondary N) is 1. The summed E-state index contributed by atoms with van der Waals surface area (Å²) in [6.07, 6.45) is 3.84. The van der Waals surface area contributed by atoms with Gasteiger partial charge in [-0.15, -0.1) is 0 Å². The Labute approximate surface area is 233 Å². The van der Waals surface area contributed by atoms with Gasteiger partial charge in [-0.3, -0.25) is 9.59 Å². The van der Waals surface area contributed by atoms with Gasteiger partial charge in [0.15, 0.2) is 5.78 Å². The Hall–Kier alpha value is -3.97. The molecule has 1 heterocycles. The summed E-state index contributed by atoms with van der Waals surface area (Å²) in [6.45, 7) is 4.21. The SMILES string of the molecule is CNC(=O)c1c(-c2ccc(F)cc2)oc2ccc(-c3cc(C(=O)CCC(C)C)ccc3OC3CCC(N)C3)cc12. The summed E-state index contributed by atoms with van der Waals surface area (Å²) < 4.78 is 26.2. The molecule has 208 valence electrons. The van der Waals surface area contributed by atoms with Crippen LogP contribution in [0.2, 0.25) is 0 Å². The zero-order chi connectivity index (χ0) is 28.4. The van der Waals surface area contributed by atoms with E-state index in [0.717, 1.165) is 36.8 Å². The monoisotopic (exact) mass is 542 g/mol. The third-order valence-corrected chi connectivity index (χ3v) is 7.53. The molecule has 0 spiro atoms. The topological polar surface area (TPSA) is 94.6 Å². The molecule has 2 unspecified atom stereocenters. The van der Waals surface area contributed by atoms with Gasteiger partial charge in [-0.25, -0.2) is 4.39 Å². The molecule has 1 aromatic heterocycles. The van der Waals surface area contributed by atoms with Gasteiger partial charge in [0.25, 0.3) is 5.91 Å². The summed E-state index contributed by atoms with van der Waals surface area (Å²) >= 11 is 0. The molecule has 3 aromatic carbocycles. The van der Waals surface area contributed by atoms with Crippen LogP contribution in [0.15, 0.2) is 65.1 Å². The van der Waals surface area contributed by atoms with Crippen molar-refractivity contribution in [1.29, 1.82) is 0 Å². The molecule has 1 aliphatic rings. The number of ether oxygens (including phenoxy) is 1. The van der Waals surface area contributed by atoms with Crippen LogP contribution in [0, 0.1) is 11.7 Å². The highest BCUT2D eigenvalue weighted by atomic mass is 19.1. The van der Waals surface area contributed by atoms with E-state index in [-0.39, 0.29) is 29.7 Å². The largest absolute Gasteiger partial charge is 0.490 e. The van der Waals surface area contributed by atoms with Gasteiger partial charge >= 0.3 is 0 Å². The zero-order valence-electron chi connectivity index (χ0n) is 23.1. The first-order valence-electron chi connectivity index (χ1n) is 13.9. The Balaban J connectivity index is 1.62. The molecule has 1 saturated carbocycles. The highest BCUT2D eigenvalue weighted by Gasteiger charge is 2.26. The van der Waals surface area contributed by atoms with E-state index in [0.29, 0.717) is 51.5 Å². The van der Waals surface area contributed by atoms with E-state index in [4.69, 9.17) is 14.9 Å². The quantitative estimate of drug-likeness (QED) is 0.219. The van der Waals surface area contributed by atoms with Crippen molar-refractivity contribution in [2.75, 3.05) is 7.05 Å². The second-order valence-electron chi connectivity index (χ2n) is 11.0. The van der Waals surface area contributed by atoms with E-state index in [9.17, 15) is 14.0 Å². The van der Waals surface area contributed by atoms with Crippen LogP contribution in [0.1, 0.15) is 66.7 Å². The van der Waals surface area contributed by atoms with E-state index in [1.807, 2.05) is 36.4 Å². The van der Waals surface area contributed by atoms with Crippen LogP contribution in [-0.2, 0) is 0 Å². The lowest BCUT2D eigenvalue weighted by atomic mass is 9.95. The van der Waals surface area contributed by atoms with Crippen LogP contribution in [0.4, 0.5) is 4.39 Å². The normalized spacial score (nSPS) is 16.9. The molecule has 2 atom stereocenters. The molecule has 40 heavy (non-hydrogen) atoms. The number of hydrogen-bond acceptors (Lipinski definition) is 5. The third kappa shape index (κ3) is 5.80. The third-order valence-electron chi connectivity index (χ3n) is 7.53. The standard InChI is InChI=1S/C33H35FN2O4/c1-19(2)4-13-28(37)22-8-15-29(39-25-12-11-24(35)18-25)26(17-22)21-7-14-30-27(16-21)31(33(38)36-3)32(40-30)20-5-9-23(34)10-6-20/h5-10,14-17,19,24-25H,4,11-13,18,35H2,1-3H3,(H,36,38). The van der Waals surface area contributed by atoms with Crippen LogP contribution in [0.25, 0.3) is 33.4 Å². The summed E-state index contributed by atoms with van der Waals surface area (Å²) in [5.74, 6) is 0.854. The maximum atomic E-state index is 13.6. The molecule has 1 fully saturated rings. The Morgan fingerprint density at radius 3 is 2.48 bits per heavy atom. The first-order chi connectivity index (χ1) is 19.2. The minimum absolute atomic E-state index is 0.000378. The number of carbonyl (C=O) groups excluding carboxylic acids is 2. The molecule has 1 aliphatic carbocycles. The van der Waals surface area contributed by atoms with Crippen molar-refractivity contribution in [1.82, 2.24) is 5.32 Å². The second kappa shape index (κ2) is 11.6. The lowest BCUT2D eigenvalue weighted by Gasteiger charge is -2.18. The Morgan fingerprint density at radius 2 is 1.80 bits per heavy atom. The number of hydrogen-bond donors (Lipinski definition) is 2. The summed E-state index contributed by atoms with van der Waals surface area (Å²) in [6, 6.07) is 17.1. The summed E-state index contributed by atoms with van der Waals surface area (Å²) in [5, 5.41) is 3.31. The van der Waals surface area contributed by atoms with Crippen molar-refractivity contribution < 1.29 is 23.1 Å². The fourth-order valence-corrected chi connectivity index (χ4v) is 5.28. The molecule has 0 saturated heterocycles. The van der Waals surface area contributed by atoms with Gasteiger partial charge in [-0.1, -0.05) is 19.9 Å². The predicted octanol–water partition coefficient (Wildman–Crippen LogP) is 7.14. The Bertz CT molecular complexity index is 1540. The van der Waals surface area contributed by atoms with E-state index >= 15 is 0 Å². The number of ketones is 1. The van der Waals surface area contributed by atoms with Crippen LogP contribution in [0.5, 0.6) is 5.75 Å². The number of rotatable bonds is 9. The van der Waals surface area contributed by atoms with Crippen LogP contribution in [0.3, 0.4) is 0 Å². The minimum atomic E-state index is -0.373. The van der Waals surface area contributed by atoms with E-state index in [2.05, 4.69) is 19.2 Å². The number of nitrogens with two attached hydrogens (primary N) is 1. The molecule has 6 nitrogen and oxygen atoms in total. The van der Waals surface area contributed by atoms with E-state index < -0.39 is 0 Å². The molecule has 0 bridgehead atoms. The van der Waals surface area contributed by atoms with Gasteiger partial charge in [0.2, 0.25) is 0 Å². The number of halogens is 1. The van der Waals surface area contributed by atoms with Crippen molar-refractivity contribution >= 4 is 22.7 Å². The van der Waals surface area contributed by atoms with E-state index in [1.54, 1.807) is 19.2 Å². The molecule has 0 radical (unpaired) electrons. The van der Waals surface area contributed by atoms with E-state index in [1.165, 1.54) is 12.1 Å². The van der Waals surface area contributed by atoms with Crippen molar-refractivity contribution in [3.8, 4) is 28.2 Å². The smallest absolute Gasteiger partial charge is 0.255 e. The Morgan fingerprint density at radius 1 is 1.05 bits per heavy atom.